The predicted molar refractivity (Wildman–Crippen MR) is 112 cm³/mol. The number of aromatic amines is 1. The van der Waals surface area contributed by atoms with Gasteiger partial charge in [0.25, 0.3) is 0 Å². The van der Waals surface area contributed by atoms with E-state index in [9.17, 15) is 24.0 Å². The number of nitrogens with two attached hydrogens (primary N) is 1. The Morgan fingerprint density at radius 1 is 1.00 bits per heavy atom. The van der Waals surface area contributed by atoms with Crippen LogP contribution in [-0.4, -0.2) is 85.7 Å². The molecule has 0 aliphatic carbocycles. The first-order valence-electron chi connectivity index (χ1n) is 10.2. The van der Waals surface area contributed by atoms with Crippen molar-refractivity contribution < 1.29 is 39.3 Å². The molecule has 0 fully saturated rings. The number of amides is 3. The Bertz CT molecular complexity index is 828. The van der Waals surface area contributed by atoms with Crippen molar-refractivity contribution in [1.82, 2.24) is 25.9 Å². The fourth-order valence-corrected chi connectivity index (χ4v) is 2.66. The van der Waals surface area contributed by atoms with E-state index >= 15 is 0 Å². The first kappa shape index (κ1) is 27.5. The second kappa shape index (κ2) is 13.1. The van der Waals surface area contributed by atoms with Gasteiger partial charge in [0.15, 0.2) is 0 Å². The van der Waals surface area contributed by atoms with E-state index in [1.54, 1.807) is 13.8 Å². The first-order valence-corrected chi connectivity index (χ1v) is 10.2. The Morgan fingerprint density at radius 3 is 2.06 bits per heavy atom. The highest BCUT2D eigenvalue weighted by molar-refractivity contribution is 5.94. The van der Waals surface area contributed by atoms with Gasteiger partial charge in [-0.25, -0.2) is 9.78 Å². The topological polar surface area (TPSA) is 237 Å². The zero-order valence-corrected chi connectivity index (χ0v) is 18.3. The number of hydrogen-bond donors (Lipinski definition) is 8. The third kappa shape index (κ3) is 9.24. The third-order valence-corrected chi connectivity index (χ3v) is 4.71. The van der Waals surface area contributed by atoms with Gasteiger partial charge in [0.05, 0.1) is 19.0 Å². The molecule has 1 rings (SSSR count). The minimum Gasteiger partial charge on any atom is -0.481 e. The lowest BCUT2D eigenvalue weighted by molar-refractivity contribution is -0.143. The van der Waals surface area contributed by atoms with Crippen LogP contribution in [0.3, 0.4) is 0 Å². The Morgan fingerprint density at radius 2 is 1.58 bits per heavy atom. The van der Waals surface area contributed by atoms with Crippen molar-refractivity contribution in [2.24, 2.45) is 11.7 Å². The molecule has 9 N–H and O–H groups in total. The van der Waals surface area contributed by atoms with Crippen molar-refractivity contribution in [3.8, 4) is 0 Å². The van der Waals surface area contributed by atoms with E-state index in [1.807, 2.05) is 0 Å². The number of H-pyrrole nitrogens is 1. The van der Waals surface area contributed by atoms with Crippen LogP contribution in [0.15, 0.2) is 12.5 Å². The van der Waals surface area contributed by atoms with Gasteiger partial charge in [0.1, 0.15) is 18.1 Å². The summed E-state index contributed by atoms with van der Waals surface area (Å²) in [5.74, 6) is -5.38. The second-order valence-corrected chi connectivity index (χ2v) is 7.69. The molecule has 14 nitrogen and oxygen atoms in total. The summed E-state index contributed by atoms with van der Waals surface area (Å²) >= 11 is 0. The smallest absolute Gasteiger partial charge is 0.328 e. The molecule has 3 amide bonds. The van der Waals surface area contributed by atoms with Crippen LogP contribution in [0.25, 0.3) is 0 Å². The summed E-state index contributed by atoms with van der Waals surface area (Å²) in [5, 5.41) is 34.1. The van der Waals surface area contributed by atoms with Gasteiger partial charge < -0.3 is 42.0 Å². The first-order chi connectivity index (χ1) is 15.5. The van der Waals surface area contributed by atoms with Crippen molar-refractivity contribution >= 4 is 29.7 Å². The molecule has 1 heterocycles. The Balaban J connectivity index is 3.05. The monoisotopic (exact) mass is 470 g/mol. The fraction of sp³-hybridized carbons (Fsp3) is 0.579. The molecule has 1 aromatic rings. The average Bonchev–Trinajstić information content (AvgIpc) is 3.25. The number of aliphatic hydroxyl groups excluding tert-OH is 1. The highest BCUT2D eigenvalue weighted by Crippen LogP contribution is 2.05. The highest BCUT2D eigenvalue weighted by Gasteiger charge is 2.31. The average molecular weight is 470 g/mol. The summed E-state index contributed by atoms with van der Waals surface area (Å²) in [6.45, 7) is 2.51. The van der Waals surface area contributed by atoms with E-state index in [0.29, 0.717) is 5.69 Å². The number of hydrogen-bond acceptors (Lipinski definition) is 8. The molecule has 4 atom stereocenters. The number of carboxylic acid groups (broad SMARTS) is 2. The quantitative estimate of drug-likeness (QED) is 0.140. The molecule has 33 heavy (non-hydrogen) atoms. The van der Waals surface area contributed by atoms with Gasteiger partial charge in [-0.15, -0.1) is 0 Å². The molecule has 0 aliphatic rings. The largest absolute Gasteiger partial charge is 0.481 e. The van der Waals surface area contributed by atoms with Gasteiger partial charge in [-0.3, -0.25) is 19.2 Å². The summed E-state index contributed by atoms with van der Waals surface area (Å²) in [6, 6.07) is -5.20. The van der Waals surface area contributed by atoms with Crippen molar-refractivity contribution in [3.05, 3.63) is 18.2 Å². The molecule has 0 radical (unpaired) electrons. The zero-order chi connectivity index (χ0) is 25.1. The van der Waals surface area contributed by atoms with Gasteiger partial charge in [0.2, 0.25) is 17.7 Å². The highest BCUT2D eigenvalue weighted by atomic mass is 16.4. The van der Waals surface area contributed by atoms with E-state index in [4.69, 9.17) is 21.1 Å². The molecule has 0 saturated heterocycles. The minimum atomic E-state index is -1.61. The summed E-state index contributed by atoms with van der Waals surface area (Å²) in [6.07, 6.45) is 1.88. The predicted octanol–water partition coefficient (Wildman–Crippen LogP) is -2.67. The van der Waals surface area contributed by atoms with Crippen LogP contribution in [0.1, 0.15) is 32.4 Å². The molecule has 1 aromatic heterocycles. The third-order valence-electron chi connectivity index (χ3n) is 4.71. The summed E-state index contributed by atoms with van der Waals surface area (Å²) in [7, 11) is 0. The fourth-order valence-electron chi connectivity index (χ4n) is 2.66. The van der Waals surface area contributed by atoms with Gasteiger partial charge in [-0.1, -0.05) is 13.8 Å². The van der Waals surface area contributed by atoms with E-state index in [0.717, 1.165) is 0 Å². The van der Waals surface area contributed by atoms with Gasteiger partial charge in [-0.2, -0.15) is 0 Å². The van der Waals surface area contributed by atoms with E-state index in [-0.39, 0.29) is 18.8 Å². The summed E-state index contributed by atoms with van der Waals surface area (Å²) < 4.78 is 0. The van der Waals surface area contributed by atoms with Crippen LogP contribution < -0.4 is 21.7 Å². The van der Waals surface area contributed by atoms with Crippen LogP contribution in [0.2, 0.25) is 0 Å². The number of aliphatic hydroxyl groups is 1. The number of nitrogens with one attached hydrogen (secondary N) is 4. The van der Waals surface area contributed by atoms with E-state index in [2.05, 4.69) is 25.9 Å². The van der Waals surface area contributed by atoms with Crippen LogP contribution in [0.5, 0.6) is 0 Å². The summed E-state index contributed by atoms with van der Waals surface area (Å²) in [5.41, 5.74) is 6.22. The molecule has 0 aromatic carbocycles. The van der Waals surface area contributed by atoms with Crippen molar-refractivity contribution in [3.63, 3.8) is 0 Å². The zero-order valence-electron chi connectivity index (χ0n) is 18.3. The van der Waals surface area contributed by atoms with Crippen molar-refractivity contribution in [2.45, 2.75) is 57.3 Å². The lowest BCUT2D eigenvalue weighted by Crippen LogP contribution is -2.58. The normalized spacial score (nSPS) is 14.6. The van der Waals surface area contributed by atoms with Gasteiger partial charge in [-0.05, 0) is 12.3 Å². The number of carbonyl (C=O) groups excluding carboxylic acids is 3. The summed E-state index contributed by atoms with van der Waals surface area (Å²) in [4.78, 5) is 66.5. The standard InChI is InChI=1S/C19H30N6O8/c1-9(2)15(20)18(31)23-11(3-4-14(27)28)16(29)24-12(5-10-6-21-8-22-10)17(30)25-13(7-26)19(32)33/h6,8-9,11-13,15,26H,3-5,7,20H2,1-2H3,(H,21,22)(H,23,31)(H,24,29)(H,25,30)(H,27,28)(H,32,33). The number of carbonyl (C=O) groups is 5. The number of aliphatic carboxylic acids is 2. The molecule has 0 saturated carbocycles. The molecule has 14 heteroatoms. The second-order valence-electron chi connectivity index (χ2n) is 7.69. The molecule has 0 spiro atoms. The van der Waals surface area contributed by atoms with Crippen LogP contribution in [-0.2, 0) is 30.4 Å². The van der Waals surface area contributed by atoms with Crippen molar-refractivity contribution in [1.29, 1.82) is 0 Å². The Labute approximate surface area is 189 Å². The lowest BCUT2D eigenvalue weighted by atomic mass is 10.0. The maximum Gasteiger partial charge on any atom is 0.328 e. The number of aromatic nitrogens is 2. The van der Waals surface area contributed by atoms with Crippen molar-refractivity contribution in [2.75, 3.05) is 6.61 Å². The van der Waals surface area contributed by atoms with Crippen LogP contribution in [0, 0.1) is 5.92 Å². The van der Waals surface area contributed by atoms with Gasteiger partial charge in [0, 0.05) is 24.7 Å². The van der Waals surface area contributed by atoms with Crippen LogP contribution >= 0.6 is 0 Å². The maximum absolute atomic E-state index is 12.9. The maximum atomic E-state index is 12.9. The number of rotatable bonds is 14. The minimum absolute atomic E-state index is 0.125. The van der Waals surface area contributed by atoms with Gasteiger partial charge >= 0.3 is 11.9 Å². The number of nitrogens with zero attached hydrogens (tertiary/aromatic N) is 1. The molecule has 0 aliphatic heterocycles. The molecule has 4 unspecified atom stereocenters. The lowest BCUT2D eigenvalue weighted by Gasteiger charge is -2.25. The molecular formula is C19H30N6O8. The Kier molecular flexibility index (Phi) is 10.9. The Hall–Kier alpha value is -3.52. The number of carboxylic acids is 2. The molecule has 184 valence electrons. The SMILES string of the molecule is CC(C)C(N)C(=O)NC(CCC(=O)O)C(=O)NC(Cc1cnc[nH]1)C(=O)NC(CO)C(=O)O. The van der Waals surface area contributed by atoms with E-state index in [1.165, 1.54) is 12.5 Å². The number of imidazole rings is 1. The van der Waals surface area contributed by atoms with E-state index < -0.39 is 66.9 Å². The molecular weight excluding hydrogens is 440 g/mol. The molecule has 0 bridgehead atoms. The van der Waals surface area contributed by atoms with Crippen LogP contribution in [0.4, 0.5) is 0 Å².